The Morgan fingerprint density at radius 2 is 1.62 bits per heavy atom. The van der Waals surface area contributed by atoms with E-state index in [0.29, 0.717) is 5.02 Å². The maximum absolute atomic E-state index is 5.94. The van der Waals surface area contributed by atoms with Crippen LogP contribution in [0.15, 0.2) is 24.3 Å². The number of benzene rings is 1. The molecule has 0 bridgehead atoms. The molecule has 16 heavy (non-hydrogen) atoms. The highest BCUT2D eigenvalue weighted by atomic mass is 35.5. The van der Waals surface area contributed by atoms with Gasteiger partial charge in [-0.25, -0.2) is 9.78 Å². The van der Waals surface area contributed by atoms with Crippen LogP contribution in [0.1, 0.15) is 40.2 Å². The molecule has 0 fully saturated rings. The van der Waals surface area contributed by atoms with Crippen molar-refractivity contribution in [2.24, 2.45) is 0 Å². The third-order valence-electron chi connectivity index (χ3n) is 2.02. The van der Waals surface area contributed by atoms with Gasteiger partial charge in [-0.15, -0.1) is 0 Å². The third kappa shape index (κ3) is 4.12. The van der Waals surface area contributed by atoms with E-state index in [9.17, 15) is 0 Å². The van der Waals surface area contributed by atoms with Crippen molar-refractivity contribution in [3.05, 3.63) is 34.9 Å². The maximum atomic E-state index is 5.94. The molecule has 3 heteroatoms. The van der Waals surface area contributed by atoms with E-state index < -0.39 is 5.60 Å². The van der Waals surface area contributed by atoms with Gasteiger partial charge in [-0.05, 0) is 52.3 Å². The van der Waals surface area contributed by atoms with E-state index in [2.05, 4.69) is 0 Å². The summed E-state index contributed by atoms with van der Waals surface area (Å²) < 4.78 is 0. The summed E-state index contributed by atoms with van der Waals surface area (Å²) in [6.45, 7) is 9.73. The highest BCUT2D eigenvalue weighted by molar-refractivity contribution is 6.30. The normalized spacial score (nSPS) is 12.9. The fourth-order valence-corrected chi connectivity index (χ4v) is 1.33. The van der Waals surface area contributed by atoms with Crippen molar-refractivity contribution in [1.29, 1.82) is 0 Å². The van der Waals surface area contributed by atoms with Gasteiger partial charge in [0.15, 0.2) is 0 Å². The number of hydrogen-bond donors (Lipinski definition) is 0. The van der Waals surface area contributed by atoms with Gasteiger partial charge in [-0.3, -0.25) is 0 Å². The third-order valence-corrected chi connectivity index (χ3v) is 2.25. The predicted molar refractivity (Wildman–Crippen MR) is 66.4 cm³/mol. The second-order valence-corrected chi connectivity index (χ2v) is 5.74. The smallest absolute Gasteiger partial charge is 0.123 e. The van der Waals surface area contributed by atoms with Crippen LogP contribution in [0.4, 0.5) is 0 Å². The molecule has 0 N–H and O–H groups in total. The highest BCUT2D eigenvalue weighted by Crippen LogP contribution is 2.28. The van der Waals surface area contributed by atoms with Gasteiger partial charge in [0.05, 0.1) is 5.60 Å². The minimum atomic E-state index is -0.516. The first-order valence-corrected chi connectivity index (χ1v) is 5.71. The molecule has 0 aromatic heterocycles. The van der Waals surface area contributed by atoms with Crippen molar-refractivity contribution in [3.63, 3.8) is 0 Å². The van der Waals surface area contributed by atoms with Crippen LogP contribution in [-0.2, 0) is 15.4 Å². The second-order valence-electron chi connectivity index (χ2n) is 5.30. The monoisotopic (exact) mass is 242 g/mol. The summed E-state index contributed by atoms with van der Waals surface area (Å²) in [6.07, 6.45) is 0. The lowest BCUT2D eigenvalue weighted by atomic mass is 9.99. The second kappa shape index (κ2) is 4.74. The quantitative estimate of drug-likeness (QED) is 0.581. The number of hydrogen-bond acceptors (Lipinski definition) is 2. The Morgan fingerprint density at radius 3 is 2.12 bits per heavy atom. The van der Waals surface area contributed by atoms with Crippen LogP contribution in [0.3, 0.4) is 0 Å². The standard InChI is InChI=1S/C13H19ClO2/c1-12(2,3)15-16-13(4,5)10-7-6-8-11(14)9-10/h6-9H,1-5H3. The topological polar surface area (TPSA) is 18.5 Å². The number of rotatable bonds is 3. The van der Waals surface area contributed by atoms with Crippen molar-refractivity contribution in [2.75, 3.05) is 0 Å². The first-order chi connectivity index (χ1) is 7.21. The SMILES string of the molecule is CC(C)(C)OOC(C)(C)c1cccc(Cl)c1. The number of halogens is 1. The van der Waals surface area contributed by atoms with Gasteiger partial charge in [-0.2, -0.15) is 0 Å². The van der Waals surface area contributed by atoms with Crippen molar-refractivity contribution in [3.8, 4) is 0 Å². The maximum Gasteiger partial charge on any atom is 0.123 e. The van der Waals surface area contributed by atoms with Crippen LogP contribution in [0.5, 0.6) is 0 Å². The van der Waals surface area contributed by atoms with Gasteiger partial charge < -0.3 is 0 Å². The summed E-state index contributed by atoms with van der Waals surface area (Å²) in [6, 6.07) is 7.59. The molecule has 0 radical (unpaired) electrons. The molecule has 1 rings (SSSR count). The summed E-state index contributed by atoms with van der Waals surface area (Å²) in [5.74, 6) is 0. The molecule has 0 aliphatic rings. The lowest BCUT2D eigenvalue weighted by Crippen LogP contribution is -2.28. The molecular formula is C13H19ClO2. The van der Waals surface area contributed by atoms with E-state index in [1.165, 1.54) is 0 Å². The average Bonchev–Trinajstić information content (AvgIpc) is 2.14. The van der Waals surface area contributed by atoms with E-state index in [1.54, 1.807) is 0 Å². The van der Waals surface area contributed by atoms with Crippen LogP contribution in [-0.4, -0.2) is 5.60 Å². The molecule has 0 aliphatic carbocycles. The summed E-state index contributed by atoms with van der Waals surface area (Å²) in [5.41, 5.74) is 0.151. The molecule has 1 aromatic rings. The zero-order valence-electron chi connectivity index (χ0n) is 10.5. The van der Waals surface area contributed by atoms with Crippen molar-refractivity contribution in [1.82, 2.24) is 0 Å². The zero-order chi connectivity index (χ0) is 12.4. The Labute approximate surface area is 102 Å². The first kappa shape index (κ1) is 13.5. The molecule has 0 spiro atoms. The van der Waals surface area contributed by atoms with Gasteiger partial charge in [-0.1, -0.05) is 23.7 Å². The van der Waals surface area contributed by atoms with Gasteiger partial charge >= 0.3 is 0 Å². The molecule has 90 valence electrons. The van der Waals surface area contributed by atoms with E-state index in [-0.39, 0.29) is 5.60 Å². The van der Waals surface area contributed by atoms with Crippen LogP contribution in [0, 0.1) is 0 Å². The molecule has 0 aliphatic heterocycles. The van der Waals surface area contributed by atoms with Crippen LogP contribution in [0.2, 0.25) is 5.02 Å². The Morgan fingerprint density at radius 1 is 1.00 bits per heavy atom. The molecule has 0 atom stereocenters. The van der Waals surface area contributed by atoms with Gasteiger partial charge in [0, 0.05) is 5.02 Å². The Balaban J connectivity index is 2.77. The first-order valence-electron chi connectivity index (χ1n) is 5.34. The van der Waals surface area contributed by atoms with E-state index in [4.69, 9.17) is 21.4 Å². The van der Waals surface area contributed by atoms with Crippen LogP contribution < -0.4 is 0 Å². The molecule has 1 aromatic carbocycles. The van der Waals surface area contributed by atoms with Crippen LogP contribution >= 0.6 is 11.6 Å². The van der Waals surface area contributed by atoms with Crippen LogP contribution in [0.25, 0.3) is 0 Å². The molecule has 0 saturated heterocycles. The fourth-order valence-electron chi connectivity index (χ4n) is 1.14. The van der Waals surface area contributed by atoms with E-state index in [0.717, 1.165) is 5.56 Å². The van der Waals surface area contributed by atoms with E-state index >= 15 is 0 Å². The Bertz CT molecular complexity index is 353. The molecule has 0 amide bonds. The summed E-state index contributed by atoms with van der Waals surface area (Å²) in [4.78, 5) is 10.8. The Kier molecular flexibility index (Phi) is 4.00. The van der Waals surface area contributed by atoms with Crippen molar-refractivity contribution >= 4 is 11.6 Å². The Hall–Kier alpha value is -0.570. The minimum absolute atomic E-state index is 0.324. The van der Waals surface area contributed by atoms with Gasteiger partial charge in [0.2, 0.25) is 0 Å². The van der Waals surface area contributed by atoms with Crippen molar-refractivity contribution < 1.29 is 9.78 Å². The molecule has 2 nitrogen and oxygen atoms in total. The lowest BCUT2D eigenvalue weighted by molar-refractivity contribution is -0.401. The molecule has 0 heterocycles. The predicted octanol–water partition coefficient (Wildman–Crippen LogP) is 4.32. The summed E-state index contributed by atoms with van der Waals surface area (Å²) in [7, 11) is 0. The minimum Gasteiger partial charge on any atom is -0.230 e. The highest BCUT2D eigenvalue weighted by Gasteiger charge is 2.26. The lowest BCUT2D eigenvalue weighted by Gasteiger charge is -2.28. The fraction of sp³-hybridized carbons (Fsp3) is 0.538. The average molecular weight is 243 g/mol. The molecule has 0 unspecified atom stereocenters. The van der Waals surface area contributed by atoms with E-state index in [1.807, 2.05) is 58.9 Å². The van der Waals surface area contributed by atoms with Gasteiger partial charge in [0.25, 0.3) is 0 Å². The van der Waals surface area contributed by atoms with Crippen molar-refractivity contribution in [2.45, 2.75) is 45.8 Å². The zero-order valence-corrected chi connectivity index (χ0v) is 11.3. The summed E-state index contributed by atoms with van der Waals surface area (Å²) in [5, 5.41) is 0.699. The molecular weight excluding hydrogens is 224 g/mol. The molecule has 0 saturated carbocycles. The van der Waals surface area contributed by atoms with Gasteiger partial charge in [0.1, 0.15) is 5.60 Å². The summed E-state index contributed by atoms with van der Waals surface area (Å²) >= 11 is 5.94. The largest absolute Gasteiger partial charge is 0.230 e.